The number of nitrogens with one attached hydrogen (secondary N) is 1. The van der Waals surface area contributed by atoms with Crippen molar-refractivity contribution in [2.45, 2.75) is 53.1 Å². The third-order valence-electron chi connectivity index (χ3n) is 5.69. The number of nitrogens with zero attached hydrogens (tertiary/aromatic N) is 1. The van der Waals surface area contributed by atoms with Crippen LogP contribution in [0.5, 0.6) is 11.5 Å². The van der Waals surface area contributed by atoms with E-state index in [1.165, 1.54) is 0 Å². The van der Waals surface area contributed by atoms with E-state index in [0.29, 0.717) is 45.1 Å². The average Bonchev–Trinajstić information content (AvgIpc) is 2.79. The zero-order valence-corrected chi connectivity index (χ0v) is 19.5. The van der Waals surface area contributed by atoms with E-state index in [9.17, 15) is 9.59 Å². The lowest BCUT2D eigenvalue weighted by molar-refractivity contribution is -0.140. The van der Waals surface area contributed by atoms with Crippen molar-refractivity contribution < 1.29 is 19.1 Å². The zero-order valence-electron chi connectivity index (χ0n) is 19.5. The highest BCUT2D eigenvalue weighted by Gasteiger charge is 2.26. The lowest BCUT2D eigenvalue weighted by Gasteiger charge is -2.29. The fourth-order valence-corrected chi connectivity index (χ4v) is 3.64. The smallest absolute Gasteiger partial charge is 0.242 e. The number of fused-ring (bicyclic) bond motifs is 1. The van der Waals surface area contributed by atoms with Gasteiger partial charge < -0.3 is 19.7 Å². The molecule has 1 heterocycles. The summed E-state index contributed by atoms with van der Waals surface area (Å²) in [5.74, 6) is 1.64. The molecule has 1 atom stereocenters. The van der Waals surface area contributed by atoms with Crippen LogP contribution in [0.25, 0.3) is 0 Å². The molecule has 0 bridgehead atoms. The first-order chi connectivity index (χ1) is 15.3. The van der Waals surface area contributed by atoms with Crippen molar-refractivity contribution in [2.75, 3.05) is 19.8 Å². The lowest BCUT2D eigenvalue weighted by Crippen LogP contribution is -2.48. The Hall–Kier alpha value is -3.02. The van der Waals surface area contributed by atoms with E-state index in [1.807, 2.05) is 49.4 Å². The summed E-state index contributed by atoms with van der Waals surface area (Å²) in [4.78, 5) is 27.8. The molecule has 6 nitrogen and oxygen atoms in total. The van der Waals surface area contributed by atoms with Gasteiger partial charge in [0.1, 0.15) is 19.3 Å². The van der Waals surface area contributed by atoms with Crippen LogP contribution < -0.4 is 14.8 Å². The summed E-state index contributed by atoms with van der Waals surface area (Å²) >= 11 is 0. The summed E-state index contributed by atoms with van der Waals surface area (Å²) in [5, 5.41) is 2.96. The van der Waals surface area contributed by atoms with E-state index in [1.54, 1.807) is 11.8 Å². The van der Waals surface area contributed by atoms with Gasteiger partial charge in [-0.1, -0.05) is 44.2 Å². The number of amides is 2. The topological polar surface area (TPSA) is 67.9 Å². The van der Waals surface area contributed by atoms with Gasteiger partial charge in [0.25, 0.3) is 0 Å². The molecule has 0 fully saturated rings. The standard InChI is InChI=1S/C26H34N2O4/c1-18(2)16-27-26(30)20(4)28(17-22-8-6-5-7-19(22)3)25(29)12-10-21-9-11-23-24(15-21)32-14-13-31-23/h5-9,11,15,18,20H,10,12-14,16-17H2,1-4H3,(H,27,30). The van der Waals surface area contributed by atoms with Gasteiger partial charge in [-0.2, -0.15) is 0 Å². The Morgan fingerprint density at radius 1 is 1.03 bits per heavy atom. The molecule has 32 heavy (non-hydrogen) atoms. The maximum atomic E-state index is 13.3. The Morgan fingerprint density at radius 2 is 1.75 bits per heavy atom. The lowest BCUT2D eigenvalue weighted by atomic mass is 10.0. The van der Waals surface area contributed by atoms with Crippen molar-refractivity contribution in [1.29, 1.82) is 0 Å². The molecule has 0 aromatic heterocycles. The van der Waals surface area contributed by atoms with Crippen molar-refractivity contribution in [3.63, 3.8) is 0 Å². The van der Waals surface area contributed by atoms with Gasteiger partial charge in [-0.15, -0.1) is 0 Å². The molecule has 0 spiro atoms. The van der Waals surface area contributed by atoms with Crippen LogP contribution >= 0.6 is 0 Å². The molecule has 172 valence electrons. The highest BCUT2D eigenvalue weighted by Crippen LogP contribution is 2.31. The predicted molar refractivity (Wildman–Crippen MR) is 125 cm³/mol. The van der Waals surface area contributed by atoms with Crippen molar-refractivity contribution in [1.82, 2.24) is 10.2 Å². The molecule has 0 radical (unpaired) electrons. The maximum absolute atomic E-state index is 13.3. The highest BCUT2D eigenvalue weighted by molar-refractivity contribution is 5.87. The number of carbonyl (C=O) groups excluding carboxylic acids is 2. The van der Waals surface area contributed by atoms with Crippen LogP contribution in [0.3, 0.4) is 0 Å². The van der Waals surface area contributed by atoms with Crippen LogP contribution in [0, 0.1) is 12.8 Å². The van der Waals surface area contributed by atoms with Crippen LogP contribution in [0.4, 0.5) is 0 Å². The molecule has 2 aromatic carbocycles. The molecule has 0 saturated heterocycles. The molecule has 6 heteroatoms. The van der Waals surface area contributed by atoms with Crippen LogP contribution in [-0.2, 0) is 22.6 Å². The van der Waals surface area contributed by atoms with Crippen LogP contribution in [0.2, 0.25) is 0 Å². The van der Waals surface area contributed by atoms with E-state index in [2.05, 4.69) is 19.2 Å². The second-order valence-electron chi connectivity index (χ2n) is 8.74. The van der Waals surface area contributed by atoms with Gasteiger partial charge in [0.2, 0.25) is 11.8 Å². The molecule has 0 aliphatic carbocycles. The number of rotatable bonds is 9. The van der Waals surface area contributed by atoms with Gasteiger partial charge in [0.15, 0.2) is 11.5 Å². The summed E-state index contributed by atoms with van der Waals surface area (Å²) in [5.41, 5.74) is 3.16. The largest absolute Gasteiger partial charge is 0.486 e. The second kappa shape index (κ2) is 11.0. The van der Waals surface area contributed by atoms with Gasteiger partial charge in [-0.3, -0.25) is 9.59 Å². The fourth-order valence-electron chi connectivity index (χ4n) is 3.64. The van der Waals surface area contributed by atoms with Crippen molar-refractivity contribution in [3.8, 4) is 11.5 Å². The number of aryl methyl sites for hydroxylation is 2. The third-order valence-corrected chi connectivity index (χ3v) is 5.69. The first kappa shape index (κ1) is 23.6. The Balaban J connectivity index is 1.71. The monoisotopic (exact) mass is 438 g/mol. The van der Waals surface area contributed by atoms with Crippen molar-refractivity contribution in [3.05, 3.63) is 59.2 Å². The molecule has 2 amide bonds. The molecule has 2 aromatic rings. The molecule has 1 unspecified atom stereocenters. The minimum atomic E-state index is -0.555. The van der Waals surface area contributed by atoms with Gasteiger partial charge >= 0.3 is 0 Å². The Kier molecular flexibility index (Phi) is 8.14. The van der Waals surface area contributed by atoms with Gasteiger partial charge in [0, 0.05) is 19.5 Å². The number of hydrogen-bond acceptors (Lipinski definition) is 4. The van der Waals surface area contributed by atoms with Crippen LogP contribution in [0.15, 0.2) is 42.5 Å². The van der Waals surface area contributed by atoms with Crippen molar-refractivity contribution in [2.24, 2.45) is 5.92 Å². The molecule has 1 aliphatic heterocycles. The number of benzene rings is 2. The van der Waals surface area contributed by atoms with Crippen LogP contribution in [-0.4, -0.2) is 42.5 Å². The molecular weight excluding hydrogens is 404 g/mol. The quantitative estimate of drug-likeness (QED) is 0.645. The third kappa shape index (κ3) is 6.25. The van der Waals surface area contributed by atoms with Crippen LogP contribution in [0.1, 0.15) is 43.9 Å². The summed E-state index contributed by atoms with van der Waals surface area (Å²) in [6.45, 7) is 10.0. The van der Waals surface area contributed by atoms with E-state index < -0.39 is 6.04 Å². The van der Waals surface area contributed by atoms with Gasteiger partial charge in [-0.25, -0.2) is 0 Å². The molecule has 0 saturated carbocycles. The number of carbonyl (C=O) groups is 2. The normalized spacial score (nSPS) is 13.5. The highest BCUT2D eigenvalue weighted by atomic mass is 16.6. The summed E-state index contributed by atoms with van der Waals surface area (Å²) in [7, 11) is 0. The Bertz CT molecular complexity index is 941. The van der Waals surface area contributed by atoms with Gasteiger partial charge in [0.05, 0.1) is 0 Å². The first-order valence-electron chi connectivity index (χ1n) is 11.4. The molecule has 3 rings (SSSR count). The number of hydrogen-bond donors (Lipinski definition) is 1. The molecule has 1 aliphatic rings. The fraction of sp³-hybridized carbons (Fsp3) is 0.462. The van der Waals surface area contributed by atoms with E-state index >= 15 is 0 Å². The predicted octanol–water partition coefficient (Wildman–Crippen LogP) is 3.89. The maximum Gasteiger partial charge on any atom is 0.242 e. The second-order valence-corrected chi connectivity index (χ2v) is 8.74. The Labute approximate surface area is 190 Å². The summed E-state index contributed by atoms with van der Waals surface area (Å²) in [6.07, 6.45) is 0.882. The summed E-state index contributed by atoms with van der Waals surface area (Å²) in [6, 6.07) is 13.2. The SMILES string of the molecule is Cc1ccccc1CN(C(=O)CCc1ccc2c(c1)OCCO2)C(C)C(=O)NCC(C)C. The first-order valence-corrected chi connectivity index (χ1v) is 11.4. The average molecular weight is 439 g/mol. The minimum absolute atomic E-state index is 0.0460. The van der Waals surface area contributed by atoms with Crippen molar-refractivity contribution >= 4 is 11.8 Å². The molecular formula is C26H34N2O4. The van der Waals surface area contributed by atoms with Gasteiger partial charge in [-0.05, 0) is 55.0 Å². The molecule has 1 N–H and O–H groups in total. The van der Waals surface area contributed by atoms with E-state index in [-0.39, 0.29) is 11.8 Å². The van der Waals surface area contributed by atoms with E-state index in [0.717, 1.165) is 28.2 Å². The zero-order chi connectivity index (χ0) is 23.1. The summed E-state index contributed by atoms with van der Waals surface area (Å²) < 4.78 is 11.2. The van der Waals surface area contributed by atoms with E-state index in [4.69, 9.17) is 9.47 Å². The minimum Gasteiger partial charge on any atom is -0.486 e. The number of ether oxygens (including phenoxy) is 2. The Morgan fingerprint density at radius 3 is 2.47 bits per heavy atom.